The fourth-order valence-electron chi connectivity index (χ4n) is 2.78. The Bertz CT molecular complexity index is 872. The number of hydrogen-bond donors (Lipinski definition) is 0. The molecule has 1 saturated heterocycles. The minimum absolute atomic E-state index is 0.0926. The lowest BCUT2D eigenvalue weighted by Gasteiger charge is -2.13. The highest BCUT2D eigenvalue weighted by atomic mass is 32.2. The molecule has 24 heavy (non-hydrogen) atoms. The summed E-state index contributed by atoms with van der Waals surface area (Å²) in [5.41, 5.74) is 1.44. The van der Waals surface area contributed by atoms with Crippen LogP contribution in [0.5, 0.6) is 0 Å². The molecule has 126 valence electrons. The predicted molar refractivity (Wildman–Crippen MR) is 101 cm³/mol. The Morgan fingerprint density at radius 2 is 1.50 bits per heavy atom. The molecule has 0 N–H and O–H groups in total. The van der Waals surface area contributed by atoms with Gasteiger partial charge in [0.15, 0.2) is 0 Å². The Hall–Kier alpha value is -1.72. The molecule has 2 aromatic rings. The Labute approximate surface area is 145 Å². The van der Waals surface area contributed by atoms with Gasteiger partial charge in [-0.1, -0.05) is 48.0 Å². The zero-order chi connectivity index (χ0) is 17.2. The second kappa shape index (κ2) is 7.03. The molecule has 0 aliphatic carbocycles. The van der Waals surface area contributed by atoms with Crippen molar-refractivity contribution in [2.75, 3.05) is 11.5 Å². The van der Waals surface area contributed by atoms with Gasteiger partial charge in [0.05, 0.1) is 4.90 Å². The second-order valence-electron chi connectivity index (χ2n) is 5.91. The van der Waals surface area contributed by atoms with Crippen LogP contribution in [0.15, 0.2) is 59.5 Å². The van der Waals surface area contributed by atoms with E-state index in [1.807, 2.05) is 13.0 Å². The van der Waals surface area contributed by atoms with E-state index in [2.05, 4.69) is 0 Å². The molecule has 0 amide bonds. The summed E-state index contributed by atoms with van der Waals surface area (Å²) in [6, 6.07) is 15.5. The Balaban J connectivity index is 2.14. The maximum Gasteiger partial charge on any atom is 0.215 e. The van der Waals surface area contributed by atoms with Crippen LogP contribution in [0.4, 0.5) is 0 Å². The number of carbonyl (C=O) groups excluding carboxylic acids is 1. The molecule has 1 aliphatic heterocycles. The number of sulfone groups is 1. The van der Waals surface area contributed by atoms with E-state index in [1.165, 1.54) is 0 Å². The molecule has 1 aliphatic rings. The zero-order valence-electron chi connectivity index (χ0n) is 13.6. The van der Waals surface area contributed by atoms with Crippen LogP contribution in [0.1, 0.15) is 28.8 Å². The first-order chi connectivity index (χ1) is 11.5. The summed E-state index contributed by atoms with van der Waals surface area (Å²) >= 11 is 0. The molecule has 2 aromatic carbocycles. The number of ketones is 1. The van der Waals surface area contributed by atoms with Gasteiger partial charge in [0, 0.05) is 5.56 Å². The minimum atomic E-state index is -3.77. The van der Waals surface area contributed by atoms with Crippen LogP contribution in [-0.4, -0.2) is 29.9 Å². The fourth-order valence-corrected chi connectivity index (χ4v) is 7.94. The summed E-state index contributed by atoms with van der Waals surface area (Å²) < 4.78 is 26.5. The van der Waals surface area contributed by atoms with Gasteiger partial charge >= 0.3 is 0 Å². The lowest BCUT2D eigenvalue weighted by Crippen LogP contribution is -2.25. The number of benzene rings is 2. The summed E-state index contributed by atoms with van der Waals surface area (Å²) in [5.74, 6) is 1.24. The Kier molecular flexibility index (Phi) is 5.01. The van der Waals surface area contributed by atoms with E-state index in [0.717, 1.165) is 29.9 Å². The van der Waals surface area contributed by atoms with Gasteiger partial charge in [-0.15, -0.1) is 0 Å². The maximum atomic E-state index is 13.2. The monoisotopic (exact) mass is 360 g/mol. The second-order valence-corrected chi connectivity index (χ2v) is 10.3. The van der Waals surface area contributed by atoms with Crippen molar-refractivity contribution in [1.82, 2.24) is 0 Å². The highest BCUT2D eigenvalue weighted by Gasteiger charge is 2.31. The van der Waals surface area contributed by atoms with E-state index in [9.17, 15) is 13.2 Å². The molecule has 1 heterocycles. The molecule has 0 aromatic heterocycles. The van der Waals surface area contributed by atoms with Gasteiger partial charge in [-0.2, -0.15) is 10.5 Å². The molecule has 3 nitrogen and oxygen atoms in total. The SMILES string of the molecule is Cc1ccc(S(=O)(=O)C(C(=O)c2ccccc2)=S2CCCC2)cc1. The summed E-state index contributed by atoms with van der Waals surface area (Å²) in [5, 5.41) is 0. The van der Waals surface area contributed by atoms with Crippen molar-refractivity contribution in [3.05, 3.63) is 65.7 Å². The van der Waals surface area contributed by atoms with Crippen molar-refractivity contribution < 1.29 is 13.2 Å². The molecule has 5 heteroatoms. The number of aryl methyl sites for hydroxylation is 1. The van der Waals surface area contributed by atoms with Gasteiger partial charge in [0.2, 0.25) is 15.6 Å². The molecular formula is C19H20O3S2. The molecule has 3 rings (SSSR count). The van der Waals surface area contributed by atoms with Crippen molar-refractivity contribution in [1.29, 1.82) is 0 Å². The third-order valence-electron chi connectivity index (χ3n) is 4.09. The van der Waals surface area contributed by atoms with Crippen molar-refractivity contribution in [2.45, 2.75) is 24.7 Å². The topological polar surface area (TPSA) is 51.2 Å². The van der Waals surface area contributed by atoms with Crippen LogP contribution in [0.3, 0.4) is 0 Å². The Morgan fingerprint density at radius 1 is 0.917 bits per heavy atom. The lowest BCUT2D eigenvalue weighted by molar-refractivity contribution is 0.107. The normalized spacial score (nSPS) is 15.4. The summed E-state index contributed by atoms with van der Waals surface area (Å²) in [6.07, 6.45) is 1.97. The van der Waals surface area contributed by atoms with Gasteiger partial charge < -0.3 is 0 Å². The van der Waals surface area contributed by atoms with Gasteiger partial charge in [-0.3, -0.25) is 4.79 Å². The van der Waals surface area contributed by atoms with Gasteiger partial charge in [-0.05, 0) is 43.4 Å². The molecule has 0 bridgehead atoms. The van der Waals surface area contributed by atoms with Crippen LogP contribution in [-0.2, 0) is 9.84 Å². The van der Waals surface area contributed by atoms with E-state index in [4.69, 9.17) is 0 Å². The first-order valence-corrected chi connectivity index (χ1v) is 11.0. The maximum absolute atomic E-state index is 13.2. The lowest BCUT2D eigenvalue weighted by atomic mass is 10.1. The third-order valence-corrected chi connectivity index (χ3v) is 9.29. The first kappa shape index (κ1) is 17.1. The van der Waals surface area contributed by atoms with Crippen LogP contribution in [0.25, 0.3) is 0 Å². The molecule has 0 atom stereocenters. The molecule has 0 radical (unpaired) electrons. The smallest absolute Gasteiger partial charge is 0.215 e. The first-order valence-electron chi connectivity index (χ1n) is 7.96. The predicted octanol–water partition coefficient (Wildman–Crippen LogP) is 3.84. The fraction of sp³-hybridized carbons (Fsp3) is 0.263. The van der Waals surface area contributed by atoms with Gasteiger partial charge in [-0.25, -0.2) is 8.42 Å². The number of hydrogen-bond acceptors (Lipinski definition) is 3. The minimum Gasteiger partial charge on any atom is -0.287 e. The van der Waals surface area contributed by atoms with Crippen molar-refractivity contribution in [2.24, 2.45) is 0 Å². The third kappa shape index (κ3) is 3.37. The molecular weight excluding hydrogens is 340 g/mol. The van der Waals surface area contributed by atoms with Crippen molar-refractivity contribution >= 4 is 30.3 Å². The quantitative estimate of drug-likeness (QED) is 0.617. The van der Waals surface area contributed by atoms with E-state index in [-0.39, 0.29) is 14.9 Å². The molecule has 1 fully saturated rings. The molecule has 0 spiro atoms. The average molecular weight is 361 g/mol. The van der Waals surface area contributed by atoms with Crippen LogP contribution < -0.4 is 0 Å². The van der Waals surface area contributed by atoms with E-state index < -0.39 is 20.3 Å². The zero-order valence-corrected chi connectivity index (χ0v) is 15.2. The van der Waals surface area contributed by atoms with Crippen LogP contribution in [0.2, 0.25) is 0 Å². The van der Waals surface area contributed by atoms with E-state index in [0.29, 0.717) is 5.56 Å². The van der Waals surface area contributed by atoms with Gasteiger partial charge in [0.1, 0.15) is 4.20 Å². The van der Waals surface area contributed by atoms with E-state index >= 15 is 0 Å². The Morgan fingerprint density at radius 3 is 2.08 bits per heavy atom. The number of rotatable bonds is 3. The standard InChI is InChI=1S/C19H20O3S2/c1-15-9-11-17(12-10-15)24(21,22)19(23-13-5-6-14-23)18(20)16-7-3-2-4-8-16/h2-4,7-12H,5-6,13-14H2,1H3. The van der Waals surface area contributed by atoms with Crippen molar-refractivity contribution in [3.8, 4) is 0 Å². The average Bonchev–Trinajstić information content (AvgIpc) is 3.10. The molecule has 0 saturated carbocycles. The summed E-state index contributed by atoms with van der Waals surface area (Å²) in [7, 11) is -4.26. The van der Waals surface area contributed by atoms with Crippen LogP contribution >= 0.6 is 10.5 Å². The highest BCUT2D eigenvalue weighted by Crippen LogP contribution is 2.32. The largest absolute Gasteiger partial charge is 0.287 e. The number of carbonyl (C=O) groups is 1. The summed E-state index contributed by atoms with van der Waals surface area (Å²) in [4.78, 5) is 13.2. The highest BCUT2D eigenvalue weighted by molar-refractivity contribution is 8.32. The molecule has 0 unspecified atom stereocenters. The summed E-state index contributed by atoms with van der Waals surface area (Å²) in [6.45, 7) is 1.91. The van der Waals surface area contributed by atoms with Gasteiger partial charge in [0.25, 0.3) is 0 Å². The van der Waals surface area contributed by atoms with E-state index in [1.54, 1.807) is 48.5 Å². The van der Waals surface area contributed by atoms with Crippen molar-refractivity contribution in [3.63, 3.8) is 0 Å². The number of Topliss-reactive ketones (excluding diaryl/α,β-unsaturated/α-hetero) is 1. The van der Waals surface area contributed by atoms with Crippen LogP contribution in [0, 0.1) is 6.92 Å².